The van der Waals surface area contributed by atoms with E-state index in [0.717, 1.165) is 16.9 Å². The quantitative estimate of drug-likeness (QED) is 0.816. The summed E-state index contributed by atoms with van der Waals surface area (Å²) in [4.78, 5) is 1.43. The summed E-state index contributed by atoms with van der Waals surface area (Å²) in [5.74, 6) is 1.88. The van der Waals surface area contributed by atoms with Crippen LogP contribution >= 0.6 is 22.9 Å². The molecule has 0 spiro atoms. The van der Waals surface area contributed by atoms with Gasteiger partial charge in [-0.2, -0.15) is 0 Å². The van der Waals surface area contributed by atoms with Gasteiger partial charge in [0.05, 0.1) is 5.02 Å². The lowest BCUT2D eigenvalue weighted by Gasteiger charge is -2.46. The van der Waals surface area contributed by atoms with Crippen LogP contribution in [0.2, 0.25) is 5.02 Å². The average Bonchev–Trinajstić information content (AvgIpc) is 2.41. The Hall–Kier alpha value is -0.0500. The molecular formula is C11H14ClNS. The standard InChI is InChI=1S/C11H14ClNS/c12-8-4-10(14-6-8)11-9(5-13-11)7-2-1-3-7/h4,6-7,9,11,13H,1-3,5H2. The highest BCUT2D eigenvalue weighted by molar-refractivity contribution is 7.10. The predicted molar refractivity (Wildman–Crippen MR) is 60.9 cm³/mol. The van der Waals surface area contributed by atoms with E-state index >= 15 is 0 Å². The van der Waals surface area contributed by atoms with Crippen LogP contribution in [0.3, 0.4) is 0 Å². The zero-order chi connectivity index (χ0) is 9.54. The number of hydrogen-bond acceptors (Lipinski definition) is 2. The molecule has 1 aliphatic heterocycles. The maximum atomic E-state index is 5.94. The Bertz CT molecular complexity index is 332. The monoisotopic (exact) mass is 227 g/mol. The van der Waals surface area contributed by atoms with E-state index in [1.165, 1.54) is 30.7 Å². The lowest BCUT2D eigenvalue weighted by Crippen LogP contribution is -2.50. The van der Waals surface area contributed by atoms with Crippen LogP contribution in [-0.4, -0.2) is 6.54 Å². The molecule has 1 aromatic heterocycles. The van der Waals surface area contributed by atoms with Gasteiger partial charge in [0.25, 0.3) is 0 Å². The van der Waals surface area contributed by atoms with Gasteiger partial charge < -0.3 is 5.32 Å². The molecule has 3 heteroatoms. The van der Waals surface area contributed by atoms with Crippen LogP contribution in [0.5, 0.6) is 0 Å². The molecule has 1 saturated carbocycles. The van der Waals surface area contributed by atoms with Crippen LogP contribution < -0.4 is 5.32 Å². The second-order valence-corrected chi connectivity index (χ2v) is 5.79. The van der Waals surface area contributed by atoms with Crippen LogP contribution in [0, 0.1) is 11.8 Å². The fraction of sp³-hybridized carbons (Fsp3) is 0.636. The minimum absolute atomic E-state index is 0.609. The first kappa shape index (κ1) is 9.20. The van der Waals surface area contributed by atoms with Crippen molar-refractivity contribution in [1.82, 2.24) is 5.32 Å². The summed E-state index contributed by atoms with van der Waals surface area (Å²) in [5, 5.41) is 6.46. The van der Waals surface area contributed by atoms with E-state index in [-0.39, 0.29) is 0 Å². The van der Waals surface area contributed by atoms with Gasteiger partial charge in [-0.3, -0.25) is 0 Å². The molecule has 76 valence electrons. The van der Waals surface area contributed by atoms with Crippen LogP contribution in [0.4, 0.5) is 0 Å². The Morgan fingerprint density at radius 2 is 2.29 bits per heavy atom. The largest absolute Gasteiger partial charge is 0.309 e. The molecule has 14 heavy (non-hydrogen) atoms. The van der Waals surface area contributed by atoms with E-state index in [1.807, 2.05) is 5.38 Å². The smallest absolute Gasteiger partial charge is 0.0516 e. The molecule has 1 nitrogen and oxygen atoms in total. The Labute approximate surface area is 93.5 Å². The van der Waals surface area contributed by atoms with Crippen LogP contribution in [-0.2, 0) is 0 Å². The van der Waals surface area contributed by atoms with Crippen LogP contribution in [0.25, 0.3) is 0 Å². The molecule has 0 amide bonds. The summed E-state index contributed by atoms with van der Waals surface area (Å²) < 4.78 is 0. The summed E-state index contributed by atoms with van der Waals surface area (Å²) in [6.07, 6.45) is 4.34. The van der Waals surface area contributed by atoms with Gasteiger partial charge in [0.1, 0.15) is 0 Å². The first-order valence-electron chi connectivity index (χ1n) is 5.32. The second-order valence-electron chi connectivity index (χ2n) is 4.41. The third-order valence-electron chi connectivity index (χ3n) is 3.65. The molecule has 0 bridgehead atoms. The lowest BCUT2D eigenvalue weighted by atomic mass is 9.69. The summed E-state index contributed by atoms with van der Waals surface area (Å²) in [7, 11) is 0. The number of thiophene rings is 1. The Morgan fingerprint density at radius 1 is 1.43 bits per heavy atom. The highest BCUT2D eigenvalue weighted by Gasteiger charge is 2.40. The molecule has 1 N–H and O–H groups in total. The van der Waals surface area contributed by atoms with Crippen LogP contribution in [0.15, 0.2) is 11.4 Å². The molecule has 2 heterocycles. The third kappa shape index (κ3) is 1.40. The highest BCUT2D eigenvalue weighted by atomic mass is 35.5. The molecule has 0 aromatic carbocycles. The molecule has 2 fully saturated rings. The van der Waals surface area contributed by atoms with Gasteiger partial charge in [-0.1, -0.05) is 30.9 Å². The van der Waals surface area contributed by atoms with Crippen molar-refractivity contribution >= 4 is 22.9 Å². The Kier molecular flexibility index (Phi) is 2.31. The summed E-state index contributed by atoms with van der Waals surface area (Å²) in [6, 6.07) is 2.73. The SMILES string of the molecule is Clc1csc(C2NCC2C2CCC2)c1. The van der Waals surface area contributed by atoms with Gasteiger partial charge >= 0.3 is 0 Å². The summed E-state index contributed by atoms with van der Waals surface area (Å²) in [6.45, 7) is 1.21. The Balaban J connectivity index is 1.73. The fourth-order valence-corrected chi connectivity index (χ4v) is 3.71. The van der Waals surface area contributed by atoms with Crippen molar-refractivity contribution in [2.75, 3.05) is 6.54 Å². The normalized spacial score (nSPS) is 32.4. The van der Waals surface area contributed by atoms with Gasteiger partial charge in [0.15, 0.2) is 0 Å². The number of rotatable bonds is 2. The highest BCUT2D eigenvalue weighted by Crippen LogP contribution is 2.45. The minimum atomic E-state index is 0.609. The van der Waals surface area contributed by atoms with E-state index < -0.39 is 0 Å². The van der Waals surface area contributed by atoms with Crippen molar-refractivity contribution in [2.24, 2.45) is 11.8 Å². The summed E-state index contributed by atoms with van der Waals surface area (Å²) in [5.41, 5.74) is 0. The third-order valence-corrected chi connectivity index (χ3v) is 5.01. The van der Waals surface area contributed by atoms with Gasteiger partial charge in [0.2, 0.25) is 0 Å². The van der Waals surface area contributed by atoms with E-state index in [1.54, 1.807) is 11.3 Å². The molecule has 3 rings (SSSR count). The number of hydrogen-bond donors (Lipinski definition) is 1. The molecule has 2 unspecified atom stereocenters. The molecular weight excluding hydrogens is 214 g/mol. The molecule has 1 aromatic rings. The topological polar surface area (TPSA) is 12.0 Å². The van der Waals surface area contributed by atoms with Crippen molar-refractivity contribution < 1.29 is 0 Å². The molecule has 1 saturated heterocycles. The van der Waals surface area contributed by atoms with E-state index in [4.69, 9.17) is 11.6 Å². The molecule has 2 atom stereocenters. The van der Waals surface area contributed by atoms with Crippen molar-refractivity contribution in [3.8, 4) is 0 Å². The summed E-state index contributed by atoms with van der Waals surface area (Å²) >= 11 is 7.74. The minimum Gasteiger partial charge on any atom is -0.309 e. The zero-order valence-corrected chi connectivity index (χ0v) is 9.57. The average molecular weight is 228 g/mol. The van der Waals surface area contributed by atoms with Gasteiger partial charge in [-0.05, 0) is 17.9 Å². The van der Waals surface area contributed by atoms with E-state index in [9.17, 15) is 0 Å². The van der Waals surface area contributed by atoms with Crippen molar-refractivity contribution in [3.05, 3.63) is 21.3 Å². The fourth-order valence-electron chi connectivity index (χ4n) is 2.48. The van der Waals surface area contributed by atoms with Gasteiger partial charge in [-0.25, -0.2) is 0 Å². The van der Waals surface area contributed by atoms with Gasteiger partial charge in [-0.15, -0.1) is 11.3 Å². The van der Waals surface area contributed by atoms with Crippen molar-refractivity contribution in [1.29, 1.82) is 0 Å². The molecule has 0 radical (unpaired) electrons. The number of nitrogens with one attached hydrogen (secondary N) is 1. The molecule has 1 aliphatic carbocycles. The first-order valence-corrected chi connectivity index (χ1v) is 6.57. The Morgan fingerprint density at radius 3 is 2.71 bits per heavy atom. The van der Waals surface area contributed by atoms with Crippen molar-refractivity contribution in [3.63, 3.8) is 0 Å². The van der Waals surface area contributed by atoms with Crippen molar-refractivity contribution in [2.45, 2.75) is 25.3 Å². The lowest BCUT2D eigenvalue weighted by molar-refractivity contribution is 0.0960. The zero-order valence-electron chi connectivity index (χ0n) is 8.00. The van der Waals surface area contributed by atoms with E-state index in [2.05, 4.69) is 11.4 Å². The second kappa shape index (κ2) is 3.51. The number of halogens is 1. The first-order chi connectivity index (χ1) is 6.84. The van der Waals surface area contributed by atoms with Crippen LogP contribution in [0.1, 0.15) is 30.2 Å². The molecule has 2 aliphatic rings. The van der Waals surface area contributed by atoms with Gasteiger partial charge in [0, 0.05) is 22.8 Å². The maximum absolute atomic E-state index is 5.94. The predicted octanol–water partition coefficient (Wildman–Crippen LogP) is 3.46. The maximum Gasteiger partial charge on any atom is 0.0516 e. The van der Waals surface area contributed by atoms with E-state index in [0.29, 0.717) is 6.04 Å².